The van der Waals surface area contributed by atoms with Crippen LogP contribution in [0, 0.1) is 34.9 Å². The van der Waals surface area contributed by atoms with E-state index in [-0.39, 0.29) is 64.3 Å². The number of hydrogen-bond acceptors (Lipinski definition) is 5. The highest BCUT2D eigenvalue weighted by Crippen LogP contribution is 2.49. The minimum atomic E-state index is -0.821. The van der Waals surface area contributed by atoms with Gasteiger partial charge in [-0.05, 0) is 75.2 Å². The summed E-state index contributed by atoms with van der Waals surface area (Å²) in [6, 6.07) is 2.17. The second kappa shape index (κ2) is 11.1. The van der Waals surface area contributed by atoms with Crippen LogP contribution < -0.4 is 20.1 Å². The zero-order valence-electron chi connectivity index (χ0n) is 23.0. The molecule has 0 spiro atoms. The Balaban J connectivity index is 1.49. The number of amides is 2. The van der Waals surface area contributed by atoms with Gasteiger partial charge >= 0.3 is 5.97 Å². The Hall–Kier alpha value is -2.84. The summed E-state index contributed by atoms with van der Waals surface area (Å²) < 4.78 is 26.1. The van der Waals surface area contributed by atoms with E-state index < -0.39 is 23.6 Å². The van der Waals surface area contributed by atoms with Crippen LogP contribution in [0.3, 0.4) is 0 Å². The number of carboxylic acid groups (broad SMARTS) is 1. The van der Waals surface area contributed by atoms with Crippen LogP contribution in [0.2, 0.25) is 0 Å². The second-order valence-electron chi connectivity index (χ2n) is 12.4. The Labute approximate surface area is 224 Å². The molecule has 0 heterocycles. The fourth-order valence-corrected chi connectivity index (χ4v) is 6.21. The van der Waals surface area contributed by atoms with Gasteiger partial charge in [0, 0.05) is 18.2 Å². The first-order chi connectivity index (χ1) is 17.9. The molecule has 2 bridgehead atoms. The lowest BCUT2D eigenvalue weighted by Gasteiger charge is -2.34. The quantitative estimate of drug-likeness (QED) is 0.453. The van der Waals surface area contributed by atoms with Crippen LogP contribution in [0.1, 0.15) is 83.0 Å². The molecular formula is C29H41FN2O6. The molecule has 0 aliphatic heterocycles. The van der Waals surface area contributed by atoms with Gasteiger partial charge in [0.2, 0.25) is 5.91 Å². The number of hydrogen-bond donors (Lipinski definition) is 3. The maximum atomic E-state index is 14.9. The van der Waals surface area contributed by atoms with Crippen molar-refractivity contribution in [3.63, 3.8) is 0 Å². The summed E-state index contributed by atoms with van der Waals surface area (Å²) in [7, 11) is 1.38. The number of carboxylic acids is 1. The molecule has 0 unspecified atom stereocenters. The molecule has 5 atom stereocenters. The highest BCUT2D eigenvalue weighted by Gasteiger charge is 2.51. The average molecular weight is 533 g/mol. The fourth-order valence-electron chi connectivity index (χ4n) is 6.21. The van der Waals surface area contributed by atoms with Crippen molar-refractivity contribution in [3.05, 3.63) is 23.5 Å². The molecule has 3 N–H and O–H groups in total. The Morgan fingerprint density at radius 3 is 2.29 bits per heavy atom. The standard InChI is InChI=1S/C29H41FN2O6/c1-15(29(2,3)4)31-27(34)24-17-6-7-18(12-17)25(24)32-26(33)20-13-23(21(30)14-22(20)37-5)38-19-10-8-16(9-11-19)28(35)36/h13-19,24-25H,6-12H2,1-5H3,(H,31,34)(H,32,33)(H,35,36)/t15-,16?,17-,18+,19?,24+,25-/m1/s1. The number of benzene rings is 1. The highest BCUT2D eigenvalue weighted by atomic mass is 19.1. The predicted molar refractivity (Wildman–Crippen MR) is 140 cm³/mol. The smallest absolute Gasteiger partial charge is 0.306 e. The van der Waals surface area contributed by atoms with Gasteiger partial charge in [-0.15, -0.1) is 0 Å². The number of carbonyl (C=O) groups excluding carboxylic acids is 2. The molecule has 210 valence electrons. The lowest BCUT2D eigenvalue weighted by molar-refractivity contribution is -0.143. The SMILES string of the molecule is COc1cc(F)c(OC2CCC(C(=O)O)CC2)cc1C(=O)N[C@@H]1[C@H]2CC[C@H](C2)[C@@H]1C(=O)N[C@H](C)C(C)(C)C. The summed E-state index contributed by atoms with van der Waals surface area (Å²) in [6.45, 7) is 8.24. The molecule has 3 saturated carbocycles. The summed E-state index contributed by atoms with van der Waals surface area (Å²) in [5.74, 6) is -2.17. The fraction of sp³-hybridized carbons (Fsp3) is 0.690. The molecule has 1 aromatic rings. The van der Waals surface area contributed by atoms with E-state index in [0.29, 0.717) is 25.7 Å². The molecule has 0 aromatic heterocycles. The molecule has 0 radical (unpaired) electrons. The normalized spacial score (nSPS) is 29.4. The number of rotatable bonds is 8. The van der Waals surface area contributed by atoms with Gasteiger partial charge in [-0.1, -0.05) is 20.8 Å². The van der Waals surface area contributed by atoms with Crippen molar-refractivity contribution >= 4 is 17.8 Å². The molecular weight excluding hydrogens is 491 g/mol. The average Bonchev–Trinajstić information content (AvgIpc) is 3.46. The first-order valence-corrected chi connectivity index (χ1v) is 13.8. The van der Waals surface area contributed by atoms with E-state index in [9.17, 15) is 23.9 Å². The Morgan fingerprint density at radius 2 is 1.68 bits per heavy atom. The van der Waals surface area contributed by atoms with Gasteiger partial charge in [-0.2, -0.15) is 0 Å². The highest BCUT2D eigenvalue weighted by molar-refractivity contribution is 5.98. The monoisotopic (exact) mass is 532 g/mol. The number of fused-ring (bicyclic) bond motifs is 2. The van der Waals surface area contributed by atoms with Crippen LogP contribution in [0.25, 0.3) is 0 Å². The number of aliphatic carboxylic acids is 1. The Bertz CT molecular complexity index is 1060. The molecule has 8 nitrogen and oxygen atoms in total. The van der Waals surface area contributed by atoms with E-state index in [0.717, 1.165) is 25.3 Å². The third-order valence-electron chi connectivity index (χ3n) is 8.99. The van der Waals surface area contributed by atoms with Crippen LogP contribution in [0.4, 0.5) is 4.39 Å². The van der Waals surface area contributed by atoms with Crippen molar-refractivity contribution in [2.75, 3.05) is 7.11 Å². The van der Waals surface area contributed by atoms with E-state index in [1.165, 1.54) is 13.2 Å². The van der Waals surface area contributed by atoms with Gasteiger partial charge < -0.3 is 25.2 Å². The van der Waals surface area contributed by atoms with Crippen molar-refractivity contribution in [2.24, 2.45) is 29.1 Å². The summed E-state index contributed by atoms with van der Waals surface area (Å²) in [6.07, 6.45) is 4.44. The predicted octanol–water partition coefficient (Wildman–Crippen LogP) is 4.55. The molecule has 3 fully saturated rings. The van der Waals surface area contributed by atoms with Gasteiger partial charge in [-0.3, -0.25) is 14.4 Å². The van der Waals surface area contributed by atoms with Gasteiger partial charge in [0.1, 0.15) is 5.75 Å². The largest absolute Gasteiger partial charge is 0.496 e. The lowest BCUT2D eigenvalue weighted by Crippen LogP contribution is -2.52. The van der Waals surface area contributed by atoms with E-state index in [1.54, 1.807) is 0 Å². The van der Waals surface area contributed by atoms with Crippen LogP contribution in [-0.4, -0.2) is 48.2 Å². The molecule has 38 heavy (non-hydrogen) atoms. The molecule has 3 aliphatic carbocycles. The molecule has 0 saturated heterocycles. The minimum absolute atomic E-state index is 0.0204. The molecule has 4 rings (SSSR count). The molecule has 9 heteroatoms. The first-order valence-electron chi connectivity index (χ1n) is 13.8. The summed E-state index contributed by atoms with van der Waals surface area (Å²) >= 11 is 0. The van der Waals surface area contributed by atoms with E-state index >= 15 is 0 Å². The molecule has 3 aliphatic rings. The third-order valence-corrected chi connectivity index (χ3v) is 8.99. The van der Waals surface area contributed by atoms with Crippen molar-refractivity contribution in [3.8, 4) is 11.5 Å². The minimum Gasteiger partial charge on any atom is -0.496 e. The van der Waals surface area contributed by atoms with Gasteiger partial charge in [0.15, 0.2) is 11.6 Å². The van der Waals surface area contributed by atoms with Crippen molar-refractivity contribution in [1.82, 2.24) is 10.6 Å². The van der Waals surface area contributed by atoms with Crippen molar-refractivity contribution < 1.29 is 33.4 Å². The topological polar surface area (TPSA) is 114 Å². The summed E-state index contributed by atoms with van der Waals surface area (Å²) in [5.41, 5.74) is 0.0599. The Morgan fingerprint density at radius 1 is 1.03 bits per heavy atom. The van der Waals surface area contributed by atoms with E-state index in [2.05, 4.69) is 31.4 Å². The molecule has 2 amide bonds. The number of halogens is 1. The number of methoxy groups -OCH3 is 1. The second-order valence-corrected chi connectivity index (χ2v) is 12.4. The van der Waals surface area contributed by atoms with E-state index in [1.807, 2.05) is 6.92 Å². The Kier molecular flexibility index (Phi) is 8.23. The zero-order chi connectivity index (χ0) is 27.8. The number of ether oxygens (including phenoxy) is 2. The maximum absolute atomic E-state index is 14.9. The summed E-state index contributed by atoms with van der Waals surface area (Å²) in [4.78, 5) is 38.1. The third kappa shape index (κ3) is 5.91. The van der Waals surface area contributed by atoms with Crippen LogP contribution >= 0.6 is 0 Å². The van der Waals surface area contributed by atoms with Crippen LogP contribution in [-0.2, 0) is 9.59 Å². The van der Waals surface area contributed by atoms with Crippen LogP contribution in [0.5, 0.6) is 11.5 Å². The van der Waals surface area contributed by atoms with Crippen molar-refractivity contribution in [2.45, 2.75) is 90.8 Å². The summed E-state index contributed by atoms with van der Waals surface area (Å²) in [5, 5.41) is 15.5. The molecule has 1 aromatic carbocycles. The van der Waals surface area contributed by atoms with Gasteiger partial charge in [0.25, 0.3) is 5.91 Å². The number of nitrogens with one attached hydrogen (secondary N) is 2. The lowest BCUT2D eigenvalue weighted by atomic mass is 9.82. The zero-order valence-corrected chi connectivity index (χ0v) is 23.0. The van der Waals surface area contributed by atoms with Gasteiger partial charge in [-0.25, -0.2) is 4.39 Å². The van der Waals surface area contributed by atoms with Gasteiger partial charge in [0.05, 0.1) is 30.6 Å². The van der Waals surface area contributed by atoms with E-state index in [4.69, 9.17) is 9.47 Å². The first kappa shape index (κ1) is 28.2. The maximum Gasteiger partial charge on any atom is 0.306 e. The number of carbonyl (C=O) groups is 3. The van der Waals surface area contributed by atoms with Crippen LogP contribution in [0.15, 0.2) is 12.1 Å². The van der Waals surface area contributed by atoms with Crippen molar-refractivity contribution in [1.29, 1.82) is 0 Å².